The maximum atomic E-state index is 14.3. The van der Waals surface area contributed by atoms with E-state index < -0.39 is 22.4 Å². The van der Waals surface area contributed by atoms with Gasteiger partial charge in [0.25, 0.3) is 0 Å². The number of anilines is 1. The van der Waals surface area contributed by atoms with Crippen LogP contribution in [0, 0.1) is 15.9 Å². The van der Waals surface area contributed by atoms with Crippen LogP contribution in [-0.4, -0.2) is 55.4 Å². The minimum Gasteiger partial charge on any atom is -0.474 e. The molecule has 37 heavy (non-hydrogen) atoms. The Bertz CT molecular complexity index is 1290. The molecule has 13 heteroatoms. The Morgan fingerprint density at radius 3 is 2.89 bits per heavy atom. The van der Waals surface area contributed by atoms with Crippen LogP contribution >= 0.6 is 0 Å². The Labute approximate surface area is 212 Å². The molecule has 1 fully saturated rings. The number of ether oxygens (including phenoxy) is 2. The molecule has 0 aliphatic carbocycles. The summed E-state index contributed by atoms with van der Waals surface area (Å²) in [6.07, 6.45) is 5.03. The second kappa shape index (κ2) is 10.5. The number of amides is 1. The van der Waals surface area contributed by atoms with Gasteiger partial charge in [0.15, 0.2) is 0 Å². The van der Waals surface area contributed by atoms with Crippen molar-refractivity contribution >= 4 is 23.2 Å². The lowest BCUT2D eigenvalue weighted by atomic mass is 10.1. The smallest absolute Gasteiger partial charge is 0.407 e. The highest BCUT2D eigenvalue weighted by atomic mass is 19.1. The normalized spacial score (nSPS) is 16.6. The highest BCUT2D eigenvalue weighted by Crippen LogP contribution is 2.39. The van der Waals surface area contributed by atoms with E-state index in [9.17, 15) is 19.3 Å². The highest BCUT2D eigenvalue weighted by molar-refractivity contribution is 5.67. The van der Waals surface area contributed by atoms with Gasteiger partial charge in [-0.3, -0.25) is 10.1 Å². The van der Waals surface area contributed by atoms with Gasteiger partial charge in [0, 0.05) is 31.3 Å². The topological polar surface area (TPSA) is 137 Å². The Kier molecular flexibility index (Phi) is 7.41. The number of alkyl carbamates (subject to hydrolysis) is 1. The average Bonchev–Trinajstić information content (AvgIpc) is 3.45. The molecule has 3 aromatic heterocycles. The summed E-state index contributed by atoms with van der Waals surface area (Å²) < 4.78 is 27.0. The summed E-state index contributed by atoms with van der Waals surface area (Å²) in [7, 11) is 0. The van der Waals surface area contributed by atoms with Crippen molar-refractivity contribution in [2.45, 2.75) is 64.7 Å². The van der Waals surface area contributed by atoms with Crippen LogP contribution < -0.4 is 15.0 Å². The Hall–Kier alpha value is -4.03. The lowest BCUT2D eigenvalue weighted by Gasteiger charge is -2.28. The summed E-state index contributed by atoms with van der Waals surface area (Å²) in [5, 5.41) is 18.0. The minimum atomic E-state index is -0.589. The van der Waals surface area contributed by atoms with Gasteiger partial charge < -0.3 is 19.7 Å². The van der Waals surface area contributed by atoms with Gasteiger partial charge in [-0.1, -0.05) is 0 Å². The van der Waals surface area contributed by atoms with Crippen LogP contribution in [0.1, 0.15) is 58.6 Å². The maximum absolute atomic E-state index is 14.3. The molecule has 1 aliphatic rings. The molecule has 0 saturated carbocycles. The summed E-state index contributed by atoms with van der Waals surface area (Å²) in [5.41, 5.74) is -0.0839. The van der Waals surface area contributed by atoms with E-state index in [-0.39, 0.29) is 23.5 Å². The van der Waals surface area contributed by atoms with Gasteiger partial charge >= 0.3 is 11.8 Å². The molecule has 4 rings (SSSR count). The Morgan fingerprint density at radius 2 is 2.16 bits per heavy atom. The van der Waals surface area contributed by atoms with E-state index in [2.05, 4.69) is 20.4 Å². The van der Waals surface area contributed by atoms with Gasteiger partial charge in [-0.25, -0.2) is 23.7 Å². The fourth-order valence-electron chi connectivity index (χ4n) is 4.22. The van der Waals surface area contributed by atoms with E-state index >= 15 is 0 Å². The Morgan fingerprint density at radius 1 is 1.38 bits per heavy atom. The predicted octanol–water partition coefficient (Wildman–Crippen LogP) is 4.20. The summed E-state index contributed by atoms with van der Waals surface area (Å²) in [6, 6.07) is 2.83. The van der Waals surface area contributed by atoms with Gasteiger partial charge in [0.1, 0.15) is 23.4 Å². The number of halogens is 1. The molecule has 0 bridgehead atoms. The lowest BCUT2D eigenvalue weighted by molar-refractivity contribution is -0.383. The summed E-state index contributed by atoms with van der Waals surface area (Å²) in [5.74, 6) is 0.311. The van der Waals surface area contributed by atoms with Crippen molar-refractivity contribution in [2.24, 2.45) is 0 Å². The van der Waals surface area contributed by atoms with Crippen LogP contribution in [0.3, 0.4) is 0 Å². The largest absolute Gasteiger partial charge is 0.474 e. The number of aromatic nitrogens is 4. The second-order valence-corrected chi connectivity index (χ2v) is 9.89. The quantitative estimate of drug-likeness (QED) is 0.346. The first-order valence-electron chi connectivity index (χ1n) is 12.1. The second-order valence-electron chi connectivity index (χ2n) is 9.89. The number of nitro groups is 1. The van der Waals surface area contributed by atoms with Crippen molar-refractivity contribution in [3.63, 3.8) is 0 Å². The van der Waals surface area contributed by atoms with Gasteiger partial charge in [-0.05, 0) is 52.7 Å². The zero-order chi connectivity index (χ0) is 26.7. The number of nitrogens with one attached hydrogen (secondary N) is 1. The number of carbonyl (C=O) groups excluding carboxylic acids is 1. The molecule has 3 aromatic rings. The van der Waals surface area contributed by atoms with Crippen molar-refractivity contribution < 1.29 is 23.6 Å². The third-order valence-corrected chi connectivity index (χ3v) is 5.82. The third-order valence-electron chi connectivity index (χ3n) is 5.82. The molecular formula is C24H30FN7O5. The number of pyridine rings is 1. The summed E-state index contributed by atoms with van der Waals surface area (Å²) in [6.45, 7) is 8.16. The van der Waals surface area contributed by atoms with Crippen molar-refractivity contribution in [1.82, 2.24) is 24.9 Å². The first-order chi connectivity index (χ1) is 17.5. The molecule has 1 aliphatic heterocycles. The monoisotopic (exact) mass is 515 g/mol. The van der Waals surface area contributed by atoms with E-state index in [0.717, 1.165) is 18.8 Å². The lowest BCUT2D eigenvalue weighted by Crippen LogP contribution is -2.34. The maximum Gasteiger partial charge on any atom is 0.407 e. The van der Waals surface area contributed by atoms with Crippen molar-refractivity contribution in [2.75, 3.05) is 18.0 Å². The van der Waals surface area contributed by atoms with E-state index in [1.165, 1.54) is 10.6 Å². The first kappa shape index (κ1) is 26.0. The van der Waals surface area contributed by atoms with Gasteiger partial charge in [-0.2, -0.15) is 5.10 Å². The summed E-state index contributed by atoms with van der Waals surface area (Å²) in [4.78, 5) is 33.4. The first-order valence-corrected chi connectivity index (χ1v) is 12.1. The zero-order valence-electron chi connectivity index (χ0n) is 21.2. The average molecular weight is 516 g/mol. The molecule has 0 aromatic carbocycles. The molecule has 198 valence electrons. The fraction of sp³-hybridized carbons (Fsp3) is 0.500. The van der Waals surface area contributed by atoms with Crippen LogP contribution in [0.2, 0.25) is 0 Å². The van der Waals surface area contributed by atoms with Crippen molar-refractivity contribution in [3.8, 4) is 5.88 Å². The van der Waals surface area contributed by atoms with Crippen LogP contribution in [0.5, 0.6) is 5.88 Å². The molecular weight excluding hydrogens is 485 g/mol. The van der Waals surface area contributed by atoms with Crippen LogP contribution in [0.15, 0.2) is 30.7 Å². The van der Waals surface area contributed by atoms with Gasteiger partial charge in [0.05, 0.1) is 23.3 Å². The number of hydrogen-bond acceptors (Lipinski definition) is 9. The minimum absolute atomic E-state index is 0.133. The number of fused-ring (bicyclic) bond motifs is 1. The molecule has 4 heterocycles. The van der Waals surface area contributed by atoms with Crippen molar-refractivity contribution in [3.05, 3.63) is 52.2 Å². The van der Waals surface area contributed by atoms with Crippen molar-refractivity contribution in [1.29, 1.82) is 0 Å². The van der Waals surface area contributed by atoms with Crippen LogP contribution in [-0.2, 0) is 4.74 Å². The molecule has 2 atom stereocenters. The molecule has 0 unspecified atom stereocenters. The highest BCUT2D eigenvalue weighted by Gasteiger charge is 2.32. The van der Waals surface area contributed by atoms with Crippen LogP contribution in [0.4, 0.5) is 20.7 Å². The van der Waals surface area contributed by atoms with E-state index in [4.69, 9.17) is 9.47 Å². The molecule has 1 N–H and O–H groups in total. The number of rotatable bonds is 8. The van der Waals surface area contributed by atoms with E-state index in [1.807, 2.05) is 11.8 Å². The molecule has 1 saturated heterocycles. The predicted molar refractivity (Wildman–Crippen MR) is 132 cm³/mol. The number of carbonyl (C=O) groups is 1. The van der Waals surface area contributed by atoms with Gasteiger partial charge in [0.2, 0.25) is 11.5 Å². The fourth-order valence-corrected chi connectivity index (χ4v) is 4.22. The number of nitrogens with zero attached hydrogens (tertiary/aromatic N) is 6. The molecule has 1 amide bonds. The van der Waals surface area contributed by atoms with E-state index in [0.29, 0.717) is 43.2 Å². The standard InChI is InChI=1S/C24H30FN7O5/c1-15(7-9-26-23(33)37-24(2,3)4)36-22-17(12-16(25)13-27-22)18-6-5-10-30(18)20-8-11-31-21(29-20)19(14-28-31)32(34)35/h8,11-15,18H,5-7,9-10H2,1-4H3,(H,26,33)/t15-,18+/m0/s1. The molecule has 0 radical (unpaired) electrons. The Balaban J connectivity index is 1.50. The third kappa shape index (κ3) is 6.22. The van der Waals surface area contributed by atoms with E-state index in [1.54, 1.807) is 33.0 Å². The summed E-state index contributed by atoms with van der Waals surface area (Å²) >= 11 is 0. The van der Waals surface area contributed by atoms with Gasteiger partial charge in [-0.15, -0.1) is 0 Å². The zero-order valence-corrected chi connectivity index (χ0v) is 21.2. The van der Waals surface area contributed by atoms with Crippen LogP contribution in [0.25, 0.3) is 5.65 Å². The molecule has 12 nitrogen and oxygen atoms in total. The molecule has 0 spiro atoms. The number of hydrogen-bond donors (Lipinski definition) is 1. The SMILES string of the molecule is C[C@@H](CCNC(=O)OC(C)(C)C)Oc1ncc(F)cc1[C@H]1CCCN1c1ccn2ncc([N+](=O)[O-])c2n1.